The molecule has 1 atom stereocenters. The zero-order valence-corrected chi connectivity index (χ0v) is 12.6. The summed E-state index contributed by atoms with van der Waals surface area (Å²) in [6.07, 6.45) is 2.19. The lowest BCUT2D eigenvalue weighted by Gasteiger charge is -2.14. The first kappa shape index (κ1) is 16.0. The minimum Gasteiger partial charge on any atom is -0.480 e. The first-order valence-corrected chi connectivity index (χ1v) is 7.62. The van der Waals surface area contributed by atoms with Crippen LogP contribution < -0.4 is 5.32 Å². The van der Waals surface area contributed by atoms with Crippen molar-refractivity contribution in [2.75, 3.05) is 12.0 Å². The van der Waals surface area contributed by atoms with Crippen LogP contribution in [0.5, 0.6) is 0 Å². The Labute approximate surface area is 122 Å². The van der Waals surface area contributed by atoms with E-state index in [2.05, 4.69) is 21.2 Å². The molecule has 1 aromatic carbocycles. The van der Waals surface area contributed by atoms with E-state index in [9.17, 15) is 14.0 Å². The zero-order valence-electron chi connectivity index (χ0n) is 10.2. The van der Waals surface area contributed by atoms with Crippen LogP contribution in [-0.4, -0.2) is 35.0 Å². The van der Waals surface area contributed by atoms with Gasteiger partial charge in [-0.25, -0.2) is 9.18 Å². The van der Waals surface area contributed by atoms with Crippen molar-refractivity contribution in [3.05, 3.63) is 34.1 Å². The second kappa shape index (κ2) is 7.49. The van der Waals surface area contributed by atoms with Gasteiger partial charge in [-0.05, 0) is 52.6 Å². The van der Waals surface area contributed by atoms with Gasteiger partial charge in [0.25, 0.3) is 5.91 Å². The molecule has 0 fully saturated rings. The molecule has 0 heterocycles. The molecular formula is C12H13BrFNO3S. The van der Waals surface area contributed by atoms with Crippen molar-refractivity contribution in [1.82, 2.24) is 5.32 Å². The summed E-state index contributed by atoms with van der Waals surface area (Å²) in [7, 11) is 0. The Balaban J connectivity index is 2.78. The summed E-state index contributed by atoms with van der Waals surface area (Å²) in [4.78, 5) is 22.9. The van der Waals surface area contributed by atoms with E-state index < -0.39 is 23.7 Å². The maximum Gasteiger partial charge on any atom is 0.326 e. The van der Waals surface area contributed by atoms with Gasteiger partial charge < -0.3 is 10.4 Å². The number of hydrogen-bond donors (Lipinski definition) is 2. The van der Waals surface area contributed by atoms with Crippen molar-refractivity contribution < 1.29 is 19.1 Å². The van der Waals surface area contributed by atoms with E-state index in [-0.39, 0.29) is 5.56 Å². The molecule has 0 saturated heterocycles. The number of carbonyl (C=O) groups excluding carboxylic acids is 1. The summed E-state index contributed by atoms with van der Waals surface area (Å²) in [6.45, 7) is 0. The van der Waals surface area contributed by atoms with Crippen LogP contribution >= 0.6 is 27.7 Å². The highest BCUT2D eigenvalue weighted by atomic mass is 79.9. The predicted octanol–water partition coefficient (Wildman–Crippen LogP) is 2.52. The lowest BCUT2D eigenvalue weighted by atomic mass is 10.1. The molecular weight excluding hydrogens is 337 g/mol. The Morgan fingerprint density at radius 1 is 1.53 bits per heavy atom. The number of carboxylic acid groups (broad SMARTS) is 1. The maximum atomic E-state index is 12.9. The van der Waals surface area contributed by atoms with Crippen LogP contribution in [0.1, 0.15) is 16.8 Å². The average molecular weight is 350 g/mol. The van der Waals surface area contributed by atoms with Crippen LogP contribution in [0.15, 0.2) is 22.7 Å². The fraction of sp³-hybridized carbons (Fsp3) is 0.333. The fourth-order valence-corrected chi connectivity index (χ4v) is 2.41. The first-order chi connectivity index (χ1) is 8.95. The molecule has 2 N–H and O–H groups in total. The third-order valence-corrected chi connectivity index (χ3v) is 3.69. The fourth-order valence-electron chi connectivity index (χ4n) is 1.40. The number of hydrogen-bond acceptors (Lipinski definition) is 3. The van der Waals surface area contributed by atoms with Crippen LogP contribution in [0, 0.1) is 5.82 Å². The van der Waals surface area contributed by atoms with Gasteiger partial charge in [-0.15, -0.1) is 0 Å². The van der Waals surface area contributed by atoms with Gasteiger partial charge in [0.05, 0.1) is 5.56 Å². The Bertz CT molecular complexity index is 484. The number of halogens is 2. The highest BCUT2D eigenvalue weighted by molar-refractivity contribution is 9.10. The molecule has 0 saturated carbocycles. The number of thioether (sulfide) groups is 1. The van der Waals surface area contributed by atoms with Crippen LogP contribution in [0.2, 0.25) is 0 Å². The molecule has 0 aromatic heterocycles. The van der Waals surface area contributed by atoms with Gasteiger partial charge in [-0.3, -0.25) is 4.79 Å². The Morgan fingerprint density at radius 3 is 2.74 bits per heavy atom. The van der Waals surface area contributed by atoms with Crippen LogP contribution in [0.3, 0.4) is 0 Å². The number of carbonyl (C=O) groups is 2. The van der Waals surface area contributed by atoms with Crippen LogP contribution in [-0.2, 0) is 4.79 Å². The third-order valence-electron chi connectivity index (χ3n) is 2.39. The summed E-state index contributed by atoms with van der Waals surface area (Å²) in [5.74, 6) is -1.47. The Kier molecular flexibility index (Phi) is 6.30. The number of benzene rings is 1. The van der Waals surface area contributed by atoms with Crippen molar-refractivity contribution in [3.63, 3.8) is 0 Å². The number of nitrogens with one attached hydrogen (secondary N) is 1. The monoisotopic (exact) mass is 349 g/mol. The second-order valence-electron chi connectivity index (χ2n) is 3.77. The standard InChI is InChI=1S/C12H13BrFNO3S/c1-19-5-4-10(12(17)18)15-11(16)8-3-2-7(14)6-9(8)13/h2-3,6,10H,4-5H2,1H3,(H,15,16)(H,17,18)/t10-/m0/s1. The van der Waals surface area contributed by atoms with Gasteiger partial charge in [0.1, 0.15) is 11.9 Å². The molecule has 19 heavy (non-hydrogen) atoms. The SMILES string of the molecule is CSCC[C@H](NC(=O)c1ccc(F)cc1Br)C(=O)O. The van der Waals surface area contributed by atoms with Crippen LogP contribution in [0.4, 0.5) is 4.39 Å². The van der Waals surface area contributed by atoms with Gasteiger partial charge in [0.2, 0.25) is 0 Å². The summed E-state index contributed by atoms with van der Waals surface area (Å²) in [5, 5.41) is 11.4. The van der Waals surface area contributed by atoms with E-state index in [1.807, 2.05) is 6.26 Å². The highest BCUT2D eigenvalue weighted by Gasteiger charge is 2.21. The Hall–Kier alpha value is -1.08. The second-order valence-corrected chi connectivity index (χ2v) is 5.61. The van der Waals surface area contributed by atoms with Crippen molar-refractivity contribution in [3.8, 4) is 0 Å². The molecule has 0 aliphatic heterocycles. The smallest absolute Gasteiger partial charge is 0.326 e. The van der Waals surface area contributed by atoms with Gasteiger partial charge in [-0.2, -0.15) is 11.8 Å². The highest BCUT2D eigenvalue weighted by Crippen LogP contribution is 2.18. The molecule has 1 amide bonds. The van der Waals surface area contributed by atoms with Crippen LogP contribution in [0.25, 0.3) is 0 Å². The number of rotatable bonds is 6. The van der Waals surface area contributed by atoms with E-state index in [4.69, 9.17) is 5.11 Å². The summed E-state index contributed by atoms with van der Waals surface area (Å²) in [5.41, 5.74) is 0.205. The zero-order chi connectivity index (χ0) is 14.4. The van der Waals surface area contributed by atoms with Gasteiger partial charge in [-0.1, -0.05) is 0 Å². The van der Waals surface area contributed by atoms with Crippen molar-refractivity contribution >= 4 is 39.6 Å². The molecule has 7 heteroatoms. The summed E-state index contributed by atoms with van der Waals surface area (Å²) >= 11 is 4.58. The maximum absolute atomic E-state index is 12.9. The molecule has 4 nitrogen and oxygen atoms in total. The molecule has 1 rings (SSSR count). The van der Waals surface area contributed by atoms with Crippen molar-refractivity contribution in [2.24, 2.45) is 0 Å². The molecule has 0 radical (unpaired) electrons. The van der Waals surface area contributed by atoms with E-state index in [1.54, 1.807) is 0 Å². The topological polar surface area (TPSA) is 66.4 Å². The molecule has 1 aromatic rings. The normalized spacial score (nSPS) is 11.9. The lowest BCUT2D eigenvalue weighted by Crippen LogP contribution is -2.41. The quantitative estimate of drug-likeness (QED) is 0.828. The minimum absolute atomic E-state index is 0.205. The lowest BCUT2D eigenvalue weighted by molar-refractivity contribution is -0.139. The average Bonchev–Trinajstić information content (AvgIpc) is 2.33. The molecule has 0 aliphatic carbocycles. The molecule has 0 spiro atoms. The van der Waals surface area contributed by atoms with Gasteiger partial charge in [0.15, 0.2) is 0 Å². The van der Waals surface area contributed by atoms with Crippen molar-refractivity contribution in [1.29, 1.82) is 0 Å². The van der Waals surface area contributed by atoms with E-state index in [0.29, 0.717) is 16.6 Å². The molecule has 0 aliphatic rings. The predicted molar refractivity (Wildman–Crippen MR) is 76.0 cm³/mol. The molecule has 104 valence electrons. The number of carboxylic acids is 1. The van der Waals surface area contributed by atoms with E-state index in [1.165, 1.54) is 17.8 Å². The minimum atomic E-state index is -1.08. The van der Waals surface area contributed by atoms with Gasteiger partial charge in [0, 0.05) is 4.47 Å². The van der Waals surface area contributed by atoms with E-state index >= 15 is 0 Å². The van der Waals surface area contributed by atoms with E-state index in [0.717, 1.165) is 12.1 Å². The molecule has 0 bridgehead atoms. The summed E-state index contributed by atoms with van der Waals surface area (Å²) in [6, 6.07) is 2.67. The Morgan fingerprint density at radius 2 is 2.21 bits per heavy atom. The number of amides is 1. The largest absolute Gasteiger partial charge is 0.480 e. The third kappa shape index (κ3) is 4.83. The molecule has 0 unspecified atom stereocenters. The summed E-state index contributed by atoms with van der Waals surface area (Å²) < 4.78 is 13.2. The van der Waals surface area contributed by atoms with Gasteiger partial charge >= 0.3 is 5.97 Å². The first-order valence-electron chi connectivity index (χ1n) is 5.43. The van der Waals surface area contributed by atoms with Crippen molar-refractivity contribution in [2.45, 2.75) is 12.5 Å². The number of aliphatic carboxylic acids is 1.